The third-order valence-electron chi connectivity index (χ3n) is 4.87. The molecule has 4 heteroatoms. The SMILES string of the molecule is CC(C)[C@@H]1COC(C2=C=C=C=C2P(c2ccccc2)c2ccccc2)=N1.[C]1=C=CC#C1.[Fe+2]. The molecule has 2 nitrogen and oxygen atoms in total. The van der Waals surface area contributed by atoms with E-state index in [2.05, 4.69) is 103 Å². The molecule has 1 heterocycles. The Balaban J connectivity index is 0.000000427. The Kier molecular flexibility index (Phi) is 8.57. The fourth-order valence-electron chi connectivity index (χ4n) is 3.21. The van der Waals surface area contributed by atoms with Gasteiger partial charge in [-0.2, -0.15) is 0 Å². The summed E-state index contributed by atoms with van der Waals surface area (Å²) in [6.45, 7) is 4.99. The Bertz CT molecular complexity index is 1200. The minimum Gasteiger partial charge on any atom is -0.475 e. The van der Waals surface area contributed by atoms with Gasteiger partial charge >= 0.3 is 17.1 Å². The molecule has 1 aliphatic heterocycles. The molecule has 1 radical (unpaired) electrons. The predicted octanol–water partition coefficient (Wildman–Crippen LogP) is 4.82. The van der Waals surface area contributed by atoms with Crippen LogP contribution < -0.4 is 10.6 Å². The molecule has 155 valence electrons. The molecule has 0 saturated heterocycles. The van der Waals surface area contributed by atoms with E-state index >= 15 is 0 Å². The van der Waals surface area contributed by atoms with Crippen molar-refractivity contribution in [2.45, 2.75) is 19.9 Å². The molecule has 32 heavy (non-hydrogen) atoms. The molecule has 0 aromatic heterocycles. The molecular weight excluding hydrogens is 453 g/mol. The molecule has 0 bridgehead atoms. The molecule has 0 saturated carbocycles. The number of benzene rings is 2. The van der Waals surface area contributed by atoms with Crippen LogP contribution >= 0.6 is 7.92 Å². The Hall–Kier alpha value is -2.98. The molecular formula is C28H21FeNOP+2. The van der Waals surface area contributed by atoms with Crippen LogP contribution in [-0.4, -0.2) is 18.5 Å². The third-order valence-corrected chi connectivity index (χ3v) is 7.28. The maximum Gasteiger partial charge on any atom is 2.00 e. The first-order valence-electron chi connectivity index (χ1n) is 10.2. The summed E-state index contributed by atoms with van der Waals surface area (Å²) in [5, 5.41) is 3.64. The maximum atomic E-state index is 5.92. The fraction of sp³-hybridized carbons (Fsp3) is 0.179. The number of ether oxygens (including phenoxy) is 1. The number of nitrogens with zero attached hydrogens (tertiary/aromatic N) is 1. The Labute approximate surface area is 201 Å². The minimum absolute atomic E-state index is 0. The number of allylic oxidation sites excluding steroid dienone is 1. The molecule has 0 spiro atoms. The fourth-order valence-corrected chi connectivity index (χ4v) is 5.50. The zero-order valence-electron chi connectivity index (χ0n) is 17.9. The maximum absolute atomic E-state index is 5.92. The monoisotopic (exact) mass is 474 g/mol. The van der Waals surface area contributed by atoms with E-state index in [9.17, 15) is 0 Å². The first-order chi connectivity index (χ1) is 15.2. The number of rotatable bonds is 5. The average molecular weight is 474 g/mol. The van der Waals surface area contributed by atoms with Crippen LogP contribution in [0.4, 0.5) is 0 Å². The second kappa shape index (κ2) is 11.6. The van der Waals surface area contributed by atoms with Crippen molar-refractivity contribution in [3.8, 4) is 11.8 Å². The Morgan fingerprint density at radius 2 is 1.62 bits per heavy atom. The number of aliphatic imine (C=N–C) groups is 1. The predicted molar refractivity (Wildman–Crippen MR) is 128 cm³/mol. The van der Waals surface area contributed by atoms with Crippen LogP contribution in [0.2, 0.25) is 0 Å². The standard InChI is InChI=1S/C23H20NOP.C5H.Fe/c1-17(2)21-16-25-23(24-21)20-14-9-15-22(20)26(18-10-5-3-6-11-18)19-12-7-4-8-13-19;1-2-4-5-3-1;/h3-8,10-13,17,21H,16H2,1-2H3;1H;/q;;+2/t21-;;/m0../s1. The smallest absolute Gasteiger partial charge is 0.475 e. The molecule has 0 amide bonds. The van der Waals surface area contributed by atoms with E-state index in [1.54, 1.807) is 6.08 Å². The van der Waals surface area contributed by atoms with E-state index in [1.807, 2.05) is 12.1 Å². The summed E-state index contributed by atoms with van der Waals surface area (Å²) in [5.41, 5.74) is 13.1. The molecule has 1 atom stereocenters. The zero-order chi connectivity index (χ0) is 21.5. The van der Waals surface area contributed by atoms with Gasteiger partial charge in [0.15, 0.2) is 0 Å². The second-order valence-corrected chi connectivity index (χ2v) is 9.50. The summed E-state index contributed by atoms with van der Waals surface area (Å²) in [7, 11) is -0.754. The molecule has 2 aromatic carbocycles. The molecule has 0 fully saturated rings. The summed E-state index contributed by atoms with van der Waals surface area (Å²) in [4.78, 5) is 4.79. The van der Waals surface area contributed by atoms with Crippen LogP contribution in [0, 0.1) is 23.8 Å². The van der Waals surface area contributed by atoms with Crippen molar-refractivity contribution in [1.29, 1.82) is 0 Å². The van der Waals surface area contributed by atoms with Crippen molar-refractivity contribution in [2.75, 3.05) is 6.61 Å². The minimum atomic E-state index is -0.754. The first kappa shape index (κ1) is 23.7. The summed E-state index contributed by atoms with van der Waals surface area (Å²) in [6.07, 6.45) is 4.19. The quantitative estimate of drug-likeness (QED) is 0.264. The van der Waals surface area contributed by atoms with E-state index in [-0.39, 0.29) is 23.1 Å². The van der Waals surface area contributed by atoms with Gasteiger partial charge in [-0.25, -0.2) is 4.99 Å². The van der Waals surface area contributed by atoms with Crippen LogP contribution in [0.1, 0.15) is 13.8 Å². The Morgan fingerprint density at radius 1 is 0.969 bits per heavy atom. The summed E-state index contributed by atoms with van der Waals surface area (Å²) in [6, 6.07) is 21.4. The first-order valence-corrected chi connectivity index (χ1v) is 11.5. The van der Waals surface area contributed by atoms with Crippen molar-refractivity contribution in [1.82, 2.24) is 0 Å². The molecule has 0 N–H and O–H groups in total. The average Bonchev–Trinajstić information content (AvgIpc) is 3.58. The molecule has 5 rings (SSSR count). The van der Waals surface area contributed by atoms with Gasteiger partial charge in [0.25, 0.3) is 0 Å². The van der Waals surface area contributed by atoms with Crippen molar-refractivity contribution in [2.24, 2.45) is 10.9 Å². The normalized spacial score (nSPS) is 16.5. The van der Waals surface area contributed by atoms with Crippen molar-refractivity contribution < 1.29 is 21.8 Å². The molecule has 2 aliphatic carbocycles. The number of hydrogen-bond acceptors (Lipinski definition) is 2. The molecule has 3 aliphatic rings. The van der Waals surface area contributed by atoms with Gasteiger partial charge in [0.05, 0.1) is 17.4 Å². The molecule has 0 unspecified atom stereocenters. The van der Waals surface area contributed by atoms with Gasteiger partial charge in [-0.05, 0) is 35.9 Å². The van der Waals surface area contributed by atoms with Crippen molar-refractivity contribution in [3.63, 3.8) is 0 Å². The van der Waals surface area contributed by atoms with Gasteiger partial charge in [0.1, 0.15) is 12.2 Å². The molecule has 2 aromatic rings. The van der Waals surface area contributed by atoms with Gasteiger partial charge in [-0.15, -0.1) is 0 Å². The largest absolute Gasteiger partial charge is 2.00 e. The zero-order valence-corrected chi connectivity index (χ0v) is 19.9. The Morgan fingerprint density at radius 3 is 2.09 bits per heavy atom. The van der Waals surface area contributed by atoms with E-state index in [0.717, 1.165) is 10.9 Å². The van der Waals surface area contributed by atoms with Gasteiger partial charge in [0, 0.05) is 6.08 Å². The van der Waals surface area contributed by atoms with Crippen LogP contribution in [0.5, 0.6) is 0 Å². The van der Waals surface area contributed by atoms with Gasteiger partial charge in [-0.1, -0.05) is 97.8 Å². The summed E-state index contributed by atoms with van der Waals surface area (Å²) in [5.74, 6) is 6.33. The van der Waals surface area contributed by atoms with Gasteiger partial charge < -0.3 is 4.74 Å². The van der Waals surface area contributed by atoms with Crippen molar-refractivity contribution in [3.05, 3.63) is 107 Å². The van der Waals surface area contributed by atoms with E-state index in [0.29, 0.717) is 18.4 Å². The van der Waals surface area contributed by atoms with Crippen LogP contribution in [0.25, 0.3) is 0 Å². The topological polar surface area (TPSA) is 21.6 Å². The van der Waals surface area contributed by atoms with Crippen molar-refractivity contribution >= 4 is 24.4 Å². The number of hydrogen-bond donors (Lipinski definition) is 0. The summed E-state index contributed by atoms with van der Waals surface area (Å²) < 4.78 is 5.92. The van der Waals surface area contributed by atoms with Crippen LogP contribution in [0.3, 0.4) is 0 Å². The van der Waals surface area contributed by atoms with Gasteiger partial charge in [0.2, 0.25) is 5.90 Å². The third kappa shape index (κ3) is 5.63. The van der Waals surface area contributed by atoms with E-state index in [4.69, 9.17) is 9.73 Å². The van der Waals surface area contributed by atoms with E-state index < -0.39 is 7.92 Å². The van der Waals surface area contributed by atoms with Crippen LogP contribution in [-0.2, 0) is 21.8 Å². The summed E-state index contributed by atoms with van der Waals surface area (Å²) >= 11 is 0. The van der Waals surface area contributed by atoms with E-state index in [1.165, 1.54) is 10.6 Å². The second-order valence-electron chi connectivity index (χ2n) is 7.34. The van der Waals surface area contributed by atoms with Gasteiger partial charge in [-0.3, -0.25) is 0 Å². The van der Waals surface area contributed by atoms with Crippen LogP contribution in [0.15, 0.2) is 106 Å².